The summed E-state index contributed by atoms with van der Waals surface area (Å²) in [7, 11) is 0. The largest absolute Gasteiger partial charge is 0.387 e. The van der Waals surface area contributed by atoms with E-state index in [1.54, 1.807) is 12.1 Å². The standard InChI is InChI=1S/C11H10Cl2N4O3/c12-6-1-5(2-7(13)3-6)8(18)4-14-10(19)9-15-11(20)17-16-9/h1-3,8,18H,4H2,(H,14,19)(H2,15,16,17,20). The molecule has 1 aromatic heterocycles. The molecule has 1 unspecified atom stereocenters. The predicted molar refractivity (Wildman–Crippen MR) is 73.0 cm³/mol. The van der Waals surface area contributed by atoms with Gasteiger partial charge in [0.1, 0.15) is 0 Å². The van der Waals surface area contributed by atoms with Gasteiger partial charge in [-0.1, -0.05) is 23.2 Å². The monoisotopic (exact) mass is 316 g/mol. The number of hydrogen-bond donors (Lipinski definition) is 4. The van der Waals surface area contributed by atoms with Gasteiger partial charge >= 0.3 is 5.69 Å². The molecule has 0 bridgehead atoms. The lowest BCUT2D eigenvalue weighted by Crippen LogP contribution is -2.29. The highest BCUT2D eigenvalue weighted by Gasteiger charge is 2.14. The van der Waals surface area contributed by atoms with Crippen LogP contribution in [0.15, 0.2) is 23.0 Å². The third kappa shape index (κ3) is 3.60. The highest BCUT2D eigenvalue weighted by Crippen LogP contribution is 2.23. The summed E-state index contributed by atoms with van der Waals surface area (Å²) in [6, 6.07) is 4.62. The molecule has 4 N–H and O–H groups in total. The number of aromatic nitrogens is 3. The molecule has 0 aliphatic carbocycles. The molecule has 0 saturated heterocycles. The van der Waals surface area contributed by atoms with E-state index < -0.39 is 17.7 Å². The second kappa shape index (κ2) is 6.08. The molecule has 1 amide bonds. The number of H-pyrrole nitrogens is 2. The zero-order chi connectivity index (χ0) is 14.7. The Labute approximate surface area is 122 Å². The van der Waals surface area contributed by atoms with Crippen LogP contribution in [-0.2, 0) is 0 Å². The number of nitrogens with one attached hydrogen (secondary N) is 3. The average molecular weight is 317 g/mol. The SMILES string of the molecule is O=C(NCC(O)c1cc(Cl)cc(Cl)c1)c1n[nH]c(=O)[nH]1. The number of carbonyl (C=O) groups is 1. The van der Waals surface area contributed by atoms with Gasteiger partial charge in [-0.05, 0) is 23.8 Å². The summed E-state index contributed by atoms with van der Waals surface area (Å²) in [6.07, 6.45) is -0.985. The van der Waals surface area contributed by atoms with Gasteiger partial charge in [0.2, 0.25) is 5.82 Å². The first-order valence-electron chi connectivity index (χ1n) is 5.52. The van der Waals surface area contributed by atoms with Crippen molar-refractivity contribution in [2.24, 2.45) is 0 Å². The number of halogens is 2. The van der Waals surface area contributed by atoms with Crippen LogP contribution in [0.5, 0.6) is 0 Å². The topological polar surface area (TPSA) is 111 Å². The molecular weight excluding hydrogens is 307 g/mol. The highest BCUT2D eigenvalue weighted by atomic mass is 35.5. The first-order valence-corrected chi connectivity index (χ1v) is 6.28. The Morgan fingerprint density at radius 2 is 2.00 bits per heavy atom. The molecule has 7 nitrogen and oxygen atoms in total. The summed E-state index contributed by atoms with van der Waals surface area (Å²) in [5.74, 6) is -0.776. The molecule has 0 fully saturated rings. The third-order valence-corrected chi connectivity index (χ3v) is 2.88. The Morgan fingerprint density at radius 3 is 2.55 bits per heavy atom. The molecule has 1 aromatic carbocycles. The van der Waals surface area contributed by atoms with Gasteiger partial charge in [-0.15, -0.1) is 5.10 Å². The van der Waals surface area contributed by atoms with Crippen LogP contribution in [0.2, 0.25) is 10.0 Å². The summed E-state index contributed by atoms with van der Waals surface area (Å²) in [5, 5.41) is 18.7. The van der Waals surface area contributed by atoms with Crippen molar-refractivity contribution in [3.63, 3.8) is 0 Å². The lowest BCUT2D eigenvalue weighted by molar-refractivity contribution is 0.0906. The van der Waals surface area contributed by atoms with Gasteiger partial charge in [-0.3, -0.25) is 9.78 Å². The third-order valence-electron chi connectivity index (χ3n) is 2.44. The van der Waals surface area contributed by atoms with Crippen molar-refractivity contribution in [1.29, 1.82) is 0 Å². The number of benzene rings is 1. The van der Waals surface area contributed by atoms with Crippen LogP contribution in [0.4, 0.5) is 0 Å². The Balaban J connectivity index is 1.99. The van der Waals surface area contributed by atoms with Crippen LogP contribution >= 0.6 is 23.2 Å². The number of aliphatic hydroxyl groups excluding tert-OH is 1. The van der Waals surface area contributed by atoms with Crippen LogP contribution in [0.25, 0.3) is 0 Å². The van der Waals surface area contributed by atoms with E-state index in [1.165, 1.54) is 6.07 Å². The fourth-order valence-corrected chi connectivity index (χ4v) is 2.08. The van der Waals surface area contributed by atoms with Crippen LogP contribution in [0.1, 0.15) is 22.3 Å². The first kappa shape index (κ1) is 14.6. The zero-order valence-corrected chi connectivity index (χ0v) is 11.5. The molecule has 0 radical (unpaired) electrons. The molecule has 1 heterocycles. The molecule has 2 rings (SSSR count). The number of aromatic amines is 2. The van der Waals surface area contributed by atoms with Gasteiger partial charge in [0, 0.05) is 16.6 Å². The predicted octanol–water partition coefficient (Wildman–Crippen LogP) is 0.868. The van der Waals surface area contributed by atoms with Crippen LogP contribution < -0.4 is 11.0 Å². The van der Waals surface area contributed by atoms with Crippen molar-refractivity contribution in [3.8, 4) is 0 Å². The second-order valence-corrected chi connectivity index (χ2v) is 4.83. The molecule has 20 heavy (non-hydrogen) atoms. The number of hydrogen-bond acceptors (Lipinski definition) is 4. The highest BCUT2D eigenvalue weighted by molar-refractivity contribution is 6.34. The number of nitrogens with zero attached hydrogens (tertiary/aromatic N) is 1. The smallest absolute Gasteiger partial charge is 0.341 e. The van der Waals surface area contributed by atoms with E-state index in [0.29, 0.717) is 15.6 Å². The summed E-state index contributed by atoms with van der Waals surface area (Å²) in [6.45, 7) is -0.0790. The quantitative estimate of drug-likeness (QED) is 0.670. The van der Waals surface area contributed by atoms with Crippen LogP contribution in [0, 0.1) is 0 Å². The summed E-state index contributed by atoms with van der Waals surface area (Å²) in [4.78, 5) is 24.6. The van der Waals surface area contributed by atoms with Crippen molar-refractivity contribution in [1.82, 2.24) is 20.5 Å². The van der Waals surface area contributed by atoms with Crippen LogP contribution in [0.3, 0.4) is 0 Å². The fourth-order valence-electron chi connectivity index (χ4n) is 1.54. The van der Waals surface area contributed by atoms with E-state index >= 15 is 0 Å². The maximum absolute atomic E-state index is 11.6. The normalized spacial score (nSPS) is 12.2. The Kier molecular flexibility index (Phi) is 4.43. The molecule has 9 heteroatoms. The summed E-state index contributed by atoms with van der Waals surface area (Å²) < 4.78 is 0. The van der Waals surface area contributed by atoms with E-state index in [1.807, 2.05) is 0 Å². The van der Waals surface area contributed by atoms with Gasteiger partial charge in [0.05, 0.1) is 6.10 Å². The van der Waals surface area contributed by atoms with E-state index in [0.717, 1.165) is 0 Å². The summed E-state index contributed by atoms with van der Waals surface area (Å²) in [5.41, 5.74) is -0.115. The van der Waals surface area contributed by atoms with Gasteiger partial charge < -0.3 is 10.4 Å². The van der Waals surface area contributed by atoms with Gasteiger partial charge in [-0.2, -0.15) is 0 Å². The van der Waals surface area contributed by atoms with Crippen LogP contribution in [-0.4, -0.2) is 32.7 Å². The van der Waals surface area contributed by atoms with E-state index in [2.05, 4.69) is 20.5 Å². The zero-order valence-electron chi connectivity index (χ0n) is 9.98. The molecule has 0 aliphatic rings. The van der Waals surface area contributed by atoms with E-state index in [4.69, 9.17) is 23.2 Å². The second-order valence-electron chi connectivity index (χ2n) is 3.95. The molecule has 2 aromatic rings. The average Bonchev–Trinajstić information content (AvgIpc) is 2.81. The number of amides is 1. The molecular formula is C11H10Cl2N4O3. The minimum absolute atomic E-state index is 0.0790. The van der Waals surface area contributed by atoms with Crippen molar-refractivity contribution in [2.45, 2.75) is 6.10 Å². The number of rotatable bonds is 4. The van der Waals surface area contributed by atoms with E-state index in [-0.39, 0.29) is 12.4 Å². The number of aliphatic hydroxyl groups is 1. The molecule has 0 aliphatic heterocycles. The van der Waals surface area contributed by atoms with Crippen molar-refractivity contribution in [3.05, 3.63) is 50.1 Å². The lowest BCUT2D eigenvalue weighted by atomic mass is 10.1. The molecule has 0 spiro atoms. The minimum atomic E-state index is -0.985. The maximum atomic E-state index is 11.6. The molecule has 1 atom stereocenters. The number of carbonyl (C=O) groups excluding carboxylic acids is 1. The lowest BCUT2D eigenvalue weighted by Gasteiger charge is -2.12. The fraction of sp³-hybridized carbons (Fsp3) is 0.182. The Morgan fingerprint density at radius 1 is 1.35 bits per heavy atom. The van der Waals surface area contributed by atoms with Gasteiger partial charge in [0.15, 0.2) is 0 Å². The first-order chi connectivity index (χ1) is 9.45. The van der Waals surface area contributed by atoms with Crippen molar-refractivity contribution < 1.29 is 9.90 Å². The van der Waals surface area contributed by atoms with Gasteiger partial charge in [-0.25, -0.2) is 9.89 Å². The molecule has 106 valence electrons. The Hall–Kier alpha value is -1.83. The summed E-state index contributed by atoms with van der Waals surface area (Å²) >= 11 is 11.6. The van der Waals surface area contributed by atoms with Gasteiger partial charge in [0.25, 0.3) is 5.91 Å². The van der Waals surface area contributed by atoms with Crippen molar-refractivity contribution in [2.75, 3.05) is 6.54 Å². The molecule has 0 saturated carbocycles. The van der Waals surface area contributed by atoms with Crippen molar-refractivity contribution >= 4 is 29.1 Å². The Bertz CT molecular complexity index is 662. The van der Waals surface area contributed by atoms with E-state index in [9.17, 15) is 14.7 Å². The maximum Gasteiger partial charge on any atom is 0.341 e. The minimum Gasteiger partial charge on any atom is -0.387 e.